The van der Waals surface area contributed by atoms with Gasteiger partial charge in [0.05, 0.1) is 17.1 Å². The average Bonchev–Trinajstić information content (AvgIpc) is 2.69. The molecular formula is C20H18FN3O4. The van der Waals surface area contributed by atoms with Gasteiger partial charge in [0.1, 0.15) is 17.1 Å². The quantitative estimate of drug-likeness (QED) is 0.381. The van der Waals surface area contributed by atoms with Crippen LogP contribution in [0, 0.1) is 22.9 Å². The number of nitro benzene ring substituents is 1. The van der Waals surface area contributed by atoms with E-state index in [-0.39, 0.29) is 17.7 Å². The van der Waals surface area contributed by atoms with Crippen LogP contribution in [-0.2, 0) is 0 Å². The van der Waals surface area contributed by atoms with Gasteiger partial charge in [0.2, 0.25) is 0 Å². The van der Waals surface area contributed by atoms with Crippen LogP contribution >= 0.6 is 0 Å². The zero-order valence-corrected chi connectivity index (χ0v) is 15.1. The molecule has 0 saturated heterocycles. The molecule has 3 rings (SSSR count). The van der Waals surface area contributed by atoms with Gasteiger partial charge in [0.25, 0.3) is 11.6 Å². The number of benzene rings is 2. The van der Waals surface area contributed by atoms with Gasteiger partial charge in [-0.2, -0.15) is 0 Å². The SMILES string of the molecule is Cc1c(F)cc(C(=O)NCCCOc2cccc3cccnc23)cc1[N+](=O)[O-]. The third-order valence-electron chi connectivity index (χ3n) is 4.24. The van der Waals surface area contributed by atoms with Crippen molar-refractivity contribution in [3.05, 3.63) is 75.7 Å². The summed E-state index contributed by atoms with van der Waals surface area (Å²) in [6, 6.07) is 11.5. The first-order valence-corrected chi connectivity index (χ1v) is 8.66. The topological polar surface area (TPSA) is 94.4 Å². The van der Waals surface area contributed by atoms with E-state index >= 15 is 0 Å². The lowest BCUT2D eigenvalue weighted by molar-refractivity contribution is -0.385. The number of amides is 1. The first kappa shape index (κ1) is 19.2. The van der Waals surface area contributed by atoms with Crippen LogP contribution in [0.4, 0.5) is 10.1 Å². The van der Waals surface area contributed by atoms with Crippen molar-refractivity contribution in [2.75, 3.05) is 13.2 Å². The molecule has 0 radical (unpaired) electrons. The van der Waals surface area contributed by atoms with E-state index in [2.05, 4.69) is 10.3 Å². The highest BCUT2D eigenvalue weighted by atomic mass is 19.1. The Bertz CT molecular complexity index is 1030. The van der Waals surface area contributed by atoms with Gasteiger partial charge in [0.15, 0.2) is 0 Å². The van der Waals surface area contributed by atoms with Crippen LogP contribution in [0.2, 0.25) is 0 Å². The van der Waals surface area contributed by atoms with Gasteiger partial charge in [-0.3, -0.25) is 19.9 Å². The molecule has 0 atom stereocenters. The molecule has 144 valence electrons. The Labute approximate surface area is 160 Å². The number of nitrogens with zero attached hydrogens (tertiary/aromatic N) is 2. The third kappa shape index (κ3) is 4.22. The summed E-state index contributed by atoms with van der Waals surface area (Å²) >= 11 is 0. The number of aromatic nitrogens is 1. The molecule has 3 aromatic rings. The van der Waals surface area contributed by atoms with E-state index < -0.39 is 22.3 Å². The number of halogens is 1. The van der Waals surface area contributed by atoms with Crippen LogP contribution in [0.25, 0.3) is 10.9 Å². The van der Waals surface area contributed by atoms with Crippen LogP contribution in [-0.4, -0.2) is 29.0 Å². The van der Waals surface area contributed by atoms with Crippen molar-refractivity contribution < 1.29 is 18.8 Å². The Morgan fingerprint density at radius 1 is 1.29 bits per heavy atom. The maximum atomic E-state index is 13.8. The number of hydrogen-bond acceptors (Lipinski definition) is 5. The van der Waals surface area contributed by atoms with Crippen molar-refractivity contribution in [2.45, 2.75) is 13.3 Å². The highest BCUT2D eigenvalue weighted by Crippen LogP contribution is 2.24. The third-order valence-corrected chi connectivity index (χ3v) is 4.24. The van der Waals surface area contributed by atoms with Crippen LogP contribution in [0.5, 0.6) is 5.75 Å². The summed E-state index contributed by atoms with van der Waals surface area (Å²) < 4.78 is 19.5. The van der Waals surface area contributed by atoms with Gasteiger partial charge >= 0.3 is 0 Å². The van der Waals surface area contributed by atoms with E-state index in [4.69, 9.17) is 4.74 Å². The predicted octanol–water partition coefficient (Wildman–Crippen LogP) is 3.79. The first-order chi connectivity index (χ1) is 13.5. The molecule has 0 fully saturated rings. The highest BCUT2D eigenvalue weighted by Gasteiger charge is 2.19. The molecule has 0 spiro atoms. The van der Waals surface area contributed by atoms with E-state index in [0.29, 0.717) is 18.8 Å². The lowest BCUT2D eigenvalue weighted by Gasteiger charge is -2.09. The molecule has 28 heavy (non-hydrogen) atoms. The molecule has 8 heteroatoms. The molecule has 0 bridgehead atoms. The van der Waals surface area contributed by atoms with E-state index in [9.17, 15) is 19.3 Å². The maximum absolute atomic E-state index is 13.8. The highest BCUT2D eigenvalue weighted by molar-refractivity contribution is 5.95. The van der Waals surface area contributed by atoms with Crippen molar-refractivity contribution in [2.24, 2.45) is 0 Å². The Morgan fingerprint density at radius 3 is 2.86 bits per heavy atom. The summed E-state index contributed by atoms with van der Waals surface area (Å²) in [5, 5.41) is 14.5. The van der Waals surface area contributed by atoms with Crippen LogP contribution < -0.4 is 10.1 Å². The molecule has 7 nitrogen and oxygen atoms in total. The molecule has 0 aliphatic rings. The van der Waals surface area contributed by atoms with Gasteiger partial charge in [0, 0.05) is 29.8 Å². The van der Waals surface area contributed by atoms with E-state index in [0.717, 1.165) is 23.0 Å². The summed E-state index contributed by atoms with van der Waals surface area (Å²) in [6.07, 6.45) is 2.20. The molecule has 1 N–H and O–H groups in total. The van der Waals surface area contributed by atoms with Crippen LogP contribution in [0.3, 0.4) is 0 Å². The number of pyridine rings is 1. The summed E-state index contributed by atoms with van der Waals surface area (Å²) in [5.74, 6) is -0.708. The normalized spacial score (nSPS) is 10.6. The van der Waals surface area contributed by atoms with Crippen LogP contribution in [0.1, 0.15) is 22.3 Å². The fourth-order valence-corrected chi connectivity index (χ4v) is 2.74. The molecule has 1 amide bonds. The number of nitrogens with one attached hydrogen (secondary N) is 1. The van der Waals surface area contributed by atoms with Gasteiger partial charge in [-0.1, -0.05) is 18.2 Å². The number of nitro groups is 1. The van der Waals surface area contributed by atoms with Gasteiger partial charge in [-0.25, -0.2) is 4.39 Å². The Balaban J connectivity index is 1.54. The summed E-state index contributed by atoms with van der Waals surface area (Å²) in [7, 11) is 0. The van der Waals surface area contributed by atoms with Crippen molar-refractivity contribution in [1.29, 1.82) is 0 Å². The number of hydrogen-bond donors (Lipinski definition) is 1. The van der Waals surface area contributed by atoms with Gasteiger partial charge in [-0.05, 0) is 31.5 Å². The smallest absolute Gasteiger partial charge is 0.276 e. The largest absolute Gasteiger partial charge is 0.491 e. The standard InChI is InChI=1S/C20H18FN3O4/c1-13-16(21)11-15(12-17(13)24(26)27)20(25)23-9-4-10-28-18-7-2-5-14-6-3-8-22-19(14)18/h2-3,5-8,11-12H,4,9-10H2,1H3,(H,23,25). The summed E-state index contributed by atoms with van der Waals surface area (Å²) in [4.78, 5) is 26.7. The fraction of sp³-hybridized carbons (Fsp3) is 0.200. The number of rotatable bonds is 7. The Morgan fingerprint density at radius 2 is 2.07 bits per heavy atom. The minimum absolute atomic E-state index is 0.0889. The van der Waals surface area contributed by atoms with Crippen molar-refractivity contribution >= 4 is 22.5 Å². The second kappa shape index (κ2) is 8.43. The van der Waals surface area contributed by atoms with Crippen LogP contribution in [0.15, 0.2) is 48.7 Å². The molecular weight excluding hydrogens is 365 g/mol. The number of carbonyl (C=O) groups is 1. The summed E-state index contributed by atoms with van der Waals surface area (Å²) in [6.45, 7) is 1.92. The minimum Gasteiger partial charge on any atom is -0.491 e. The van der Waals surface area contributed by atoms with E-state index in [1.807, 2.05) is 30.3 Å². The number of fused-ring (bicyclic) bond motifs is 1. The van der Waals surface area contributed by atoms with Crippen molar-refractivity contribution in [1.82, 2.24) is 10.3 Å². The minimum atomic E-state index is -0.786. The number of ether oxygens (including phenoxy) is 1. The van der Waals surface area contributed by atoms with Gasteiger partial charge in [-0.15, -0.1) is 0 Å². The molecule has 1 aromatic heterocycles. The second-order valence-corrected chi connectivity index (χ2v) is 6.15. The zero-order valence-electron chi connectivity index (χ0n) is 15.1. The first-order valence-electron chi connectivity index (χ1n) is 8.66. The molecule has 0 aliphatic carbocycles. The lowest BCUT2D eigenvalue weighted by atomic mass is 10.1. The van der Waals surface area contributed by atoms with E-state index in [1.165, 1.54) is 6.92 Å². The van der Waals surface area contributed by atoms with E-state index in [1.54, 1.807) is 6.20 Å². The monoisotopic (exact) mass is 383 g/mol. The van der Waals surface area contributed by atoms with Crippen molar-refractivity contribution in [3.8, 4) is 5.75 Å². The fourth-order valence-electron chi connectivity index (χ4n) is 2.74. The molecule has 1 heterocycles. The van der Waals surface area contributed by atoms with Gasteiger partial charge < -0.3 is 10.1 Å². The second-order valence-electron chi connectivity index (χ2n) is 6.15. The Kier molecular flexibility index (Phi) is 5.78. The lowest BCUT2D eigenvalue weighted by Crippen LogP contribution is -2.26. The zero-order chi connectivity index (χ0) is 20.1. The molecule has 0 aliphatic heterocycles. The van der Waals surface area contributed by atoms with Crippen molar-refractivity contribution in [3.63, 3.8) is 0 Å². The molecule has 2 aromatic carbocycles. The maximum Gasteiger partial charge on any atom is 0.276 e. The predicted molar refractivity (Wildman–Crippen MR) is 102 cm³/mol. The molecule has 0 saturated carbocycles. The summed E-state index contributed by atoms with van der Waals surface area (Å²) in [5.41, 5.74) is 0.154. The molecule has 0 unspecified atom stereocenters. The Hall–Kier alpha value is -3.55. The number of para-hydroxylation sites is 1. The number of carbonyl (C=O) groups excluding carboxylic acids is 1. The average molecular weight is 383 g/mol.